The third-order valence-corrected chi connectivity index (χ3v) is 5.76. The Morgan fingerprint density at radius 2 is 1.45 bits per heavy atom. The van der Waals surface area contributed by atoms with Gasteiger partial charge in [0.2, 0.25) is 29.5 Å². The van der Waals surface area contributed by atoms with Crippen LogP contribution in [0.1, 0.15) is 32.3 Å². The summed E-state index contributed by atoms with van der Waals surface area (Å²) in [5.41, 5.74) is 18.0. The molecule has 4 atom stereocenters. The second-order valence-corrected chi connectivity index (χ2v) is 9.20. The van der Waals surface area contributed by atoms with Gasteiger partial charge in [-0.25, -0.2) is 4.79 Å². The molecule has 0 aliphatic carbocycles. The van der Waals surface area contributed by atoms with Crippen LogP contribution in [0.2, 0.25) is 0 Å². The van der Waals surface area contributed by atoms with Crippen molar-refractivity contribution in [2.45, 2.75) is 57.3 Å². The van der Waals surface area contributed by atoms with Gasteiger partial charge in [-0.15, -0.1) is 0 Å². The van der Waals surface area contributed by atoms with Gasteiger partial charge in [-0.05, 0) is 24.0 Å². The number of carbonyl (C=O) groups is 6. The van der Waals surface area contributed by atoms with Gasteiger partial charge in [-0.1, -0.05) is 32.0 Å². The molecule has 0 aliphatic rings. The highest BCUT2D eigenvalue weighted by molar-refractivity contribution is 5.97. The minimum atomic E-state index is -1.68. The second-order valence-electron chi connectivity index (χ2n) is 9.20. The number of nitrogens with two attached hydrogens (primary N) is 3. The van der Waals surface area contributed by atoms with Crippen molar-refractivity contribution in [3.8, 4) is 0 Å². The standard InChI is InChI=1S/C24H33N7O7/c1-11(2)20(31-21(34)14(25)7-12-10-28-15-6-4-3-5-13(12)15)23(36)29-16(8-18(26)32)22(35)30-17(24(37)38)9-19(27)33/h3-6,10-11,14,16-17,20,28H,7-9,25H2,1-2H3,(H2,26,32)(H2,27,33)(H,29,36)(H,30,35)(H,31,34)(H,37,38). The largest absolute Gasteiger partial charge is 0.480 e. The van der Waals surface area contributed by atoms with Gasteiger partial charge < -0.3 is 43.2 Å². The molecule has 14 nitrogen and oxygen atoms in total. The fourth-order valence-corrected chi connectivity index (χ4v) is 3.77. The van der Waals surface area contributed by atoms with Gasteiger partial charge in [0.05, 0.1) is 18.9 Å². The van der Waals surface area contributed by atoms with Gasteiger partial charge in [0.25, 0.3) is 0 Å². The number of carboxylic acids is 1. The van der Waals surface area contributed by atoms with Crippen LogP contribution in [-0.4, -0.2) is 69.8 Å². The average molecular weight is 532 g/mol. The van der Waals surface area contributed by atoms with Crippen molar-refractivity contribution in [2.24, 2.45) is 23.1 Å². The highest BCUT2D eigenvalue weighted by atomic mass is 16.4. The van der Waals surface area contributed by atoms with Gasteiger partial charge in [0.1, 0.15) is 18.1 Å². The number of para-hydroxylation sites is 1. The van der Waals surface area contributed by atoms with Crippen LogP contribution in [-0.2, 0) is 35.2 Å². The number of hydrogen-bond acceptors (Lipinski definition) is 7. The molecule has 0 spiro atoms. The Labute approximate surface area is 218 Å². The molecule has 1 aromatic heterocycles. The van der Waals surface area contributed by atoms with Crippen molar-refractivity contribution in [2.75, 3.05) is 0 Å². The lowest BCUT2D eigenvalue weighted by Gasteiger charge is -2.26. The molecule has 0 aliphatic heterocycles. The maximum atomic E-state index is 13.0. The molecule has 0 saturated heterocycles. The summed E-state index contributed by atoms with van der Waals surface area (Å²) in [6.07, 6.45) is 0.558. The van der Waals surface area contributed by atoms with Gasteiger partial charge in [0.15, 0.2) is 0 Å². The summed E-state index contributed by atoms with van der Waals surface area (Å²) in [7, 11) is 0. The summed E-state index contributed by atoms with van der Waals surface area (Å²) in [6, 6.07) is 2.08. The summed E-state index contributed by atoms with van der Waals surface area (Å²) in [5.74, 6) is -6.47. The highest BCUT2D eigenvalue weighted by Crippen LogP contribution is 2.19. The van der Waals surface area contributed by atoms with Crippen molar-refractivity contribution in [1.29, 1.82) is 0 Å². The van der Waals surface area contributed by atoms with Gasteiger partial charge in [0, 0.05) is 17.1 Å². The van der Waals surface area contributed by atoms with Crippen molar-refractivity contribution < 1.29 is 33.9 Å². The quantitative estimate of drug-likeness (QED) is 0.135. The number of fused-ring (bicyclic) bond motifs is 1. The van der Waals surface area contributed by atoms with Crippen LogP contribution in [0, 0.1) is 5.92 Å². The number of aromatic amines is 1. The number of aliphatic carboxylic acids is 1. The van der Waals surface area contributed by atoms with Crippen molar-refractivity contribution in [1.82, 2.24) is 20.9 Å². The minimum absolute atomic E-state index is 0.186. The Balaban J connectivity index is 2.11. The van der Waals surface area contributed by atoms with E-state index in [2.05, 4.69) is 20.9 Å². The first kappa shape index (κ1) is 29.8. The Hall–Kier alpha value is -4.46. The molecule has 0 fully saturated rings. The summed E-state index contributed by atoms with van der Waals surface area (Å²) in [4.78, 5) is 75.6. The summed E-state index contributed by atoms with van der Waals surface area (Å²) in [6.45, 7) is 3.29. The molecular weight excluding hydrogens is 498 g/mol. The van der Waals surface area contributed by atoms with Crippen LogP contribution in [0.25, 0.3) is 10.9 Å². The third-order valence-electron chi connectivity index (χ3n) is 5.76. The minimum Gasteiger partial charge on any atom is -0.480 e. The molecule has 2 aromatic rings. The van der Waals surface area contributed by atoms with E-state index >= 15 is 0 Å². The number of amides is 5. The maximum Gasteiger partial charge on any atom is 0.326 e. The maximum absolute atomic E-state index is 13.0. The number of primary amides is 2. The molecule has 1 heterocycles. The molecule has 11 N–H and O–H groups in total. The SMILES string of the molecule is CC(C)C(NC(=O)C(N)Cc1c[nH]c2ccccc12)C(=O)NC(CC(N)=O)C(=O)NC(CC(N)=O)C(=O)O. The zero-order chi connectivity index (χ0) is 28.6. The van der Waals surface area contributed by atoms with E-state index in [1.165, 1.54) is 0 Å². The molecule has 1 aromatic carbocycles. The number of carboxylic acid groups (broad SMARTS) is 1. The second kappa shape index (κ2) is 13.2. The van der Waals surface area contributed by atoms with Gasteiger partial charge >= 0.3 is 5.97 Å². The van der Waals surface area contributed by atoms with Crippen LogP contribution in [0.5, 0.6) is 0 Å². The van der Waals surface area contributed by atoms with E-state index in [-0.39, 0.29) is 6.42 Å². The van der Waals surface area contributed by atoms with Gasteiger partial charge in [-0.3, -0.25) is 24.0 Å². The number of rotatable bonds is 14. The summed E-state index contributed by atoms with van der Waals surface area (Å²) in [5, 5.41) is 17.1. The third kappa shape index (κ3) is 8.30. The zero-order valence-corrected chi connectivity index (χ0v) is 21.0. The van der Waals surface area contributed by atoms with Gasteiger partial charge in [-0.2, -0.15) is 0 Å². The van der Waals surface area contributed by atoms with E-state index in [9.17, 15) is 33.9 Å². The number of carbonyl (C=O) groups excluding carboxylic acids is 5. The number of nitrogens with one attached hydrogen (secondary N) is 4. The monoisotopic (exact) mass is 531 g/mol. The predicted octanol–water partition coefficient (Wildman–Crippen LogP) is -2.02. The van der Waals surface area contributed by atoms with Crippen LogP contribution >= 0.6 is 0 Å². The molecule has 5 amide bonds. The average Bonchev–Trinajstić information content (AvgIpc) is 3.23. The smallest absolute Gasteiger partial charge is 0.326 e. The molecule has 206 valence electrons. The van der Waals surface area contributed by atoms with Crippen LogP contribution < -0.4 is 33.2 Å². The first-order chi connectivity index (χ1) is 17.8. The van der Waals surface area contributed by atoms with Crippen molar-refractivity contribution >= 4 is 46.4 Å². The normalized spacial score (nSPS) is 14.2. The first-order valence-electron chi connectivity index (χ1n) is 11.8. The Kier molecular flexibility index (Phi) is 10.3. The molecule has 0 bridgehead atoms. The lowest BCUT2D eigenvalue weighted by molar-refractivity contribution is -0.144. The molecule has 2 rings (SSSR count). The molecule has 38 heavy (non-hydrogen) atoms. The predicted molar refractivity (Wildman–Crippen MR) is 136 cm³/mol. The van der Waals surface area contributed by atoms with E-state index in [0.717, 1.165) is 16.5 Å². The molecular formula is C24H33N7O7. The number of H-pyrrole nitrogens is 1. The van der Waals surface area contributed by atoms with E-state index in [4.69, 9.17) is 17.2 Å². The topological polar surface area (TPSA) is 253 Å². The number of hydrogen-bond donors (Lipinski definition) is 8. The van der Waals surface area contributed by atoms with Crippen LogP contribution in [0.3, 0.4) is 0 Å². The Morgan fingerprint density at radius 3 is 2.03 bits per heavy atom. The zero-order valence-electron chi connectivity index (χ0n) is 21.0. The van der Waals surface area contributed by atoms with Crippen LogP contribution in [0.4, 0.5) is 0 Å². The van der Waals surface area contributed by atoms with E-state index < -0.39 is 78.4 Å². The fraction of sp³-hybridized carbons (Fsp3) is 0.417. The Morgan fingerprint density at radius 1 is 0.868 bits per heavy atom. The van der Waals surface area contributed by atoms with Crippen molar-refractivity contribution in [3.05, 3.63) is 36.0 Å². The fourth-order valence-electron chi connectivity index (χ4n) is 3.77. The number of aromatic nitrogens is 1. The van der Waals surface area contributed by atoms with E-state index in [1.54, 1.807) is 20.0 Å². The summed E-state index contributed by atoms with van der Waals surface area (Å²) >= 11 is 0. The highest BCUT2D eigenvalue weighted by Gasteiger charge is 2.33. The molecule has 0 radical (unpaired) electrons. The Bertz CT molecular complexity index is 1210. The first-order valence-corrected chi connectivity index (χ1v) is 11.8. The lowest BCUT2D eigenvalue weighted by atomic mass is 10.0. The molecule has 4 unspecified atom stereocenters. The van der Waals surface area contributed by atoms with Crippen molar-refractivity contribution in [3.63, 3.8) is 0 Å². The molecule has 14 heteroatoms. The van der Waals surface area contributed by atoms with E-state index in [0.29, 0.717) is 0 Å². The van der Waals surface area contributed by atoms with E-state index in [1.807, 2.05) is 24.3 Å². The lowest BCUT2D eigenvalue weighted by Crippen LogP contribution is -2.59. The van der Waals surface area contributed by atoms with Crippen LogP contribution in [0.15, 0.2) is 30.5 Å². The molecule has 0 saturated carbocycles. The summed E-state index contributed by atoms with van der Waals surface area (Å²) < 4.78 is 0. The number of benzene rings is 1.